The van der Waals surface area contributed by atoms with Crippen molar-refractivity contribution in [3.63, 3.8) is 0 Å². The fourth-order valence-corrected chi connectivity index (χ4v) is 2.92. The standard InChI is InChI=1S/C24H21F2N3O5/c1-13-20(25)21(26)23(28-22(13)34-19-8-14(12-27)6-7-18(19)32-5)33-17-10-15(24(30)29(2)3)9-16(11-17)31-4/h6-11H,1-5H3. The van der Waals surface area contributed by atoms with Gasteiger partial charge in [0.2, 0.25) is 11.7 Å². The average molecular weight is 469 g/mol. The summed E-state index contributed by atoms with van der Waals surface area (Å²) in [5.74, 6) is -3.34. The van der Waals surface area contributed by atoms with Crippen LogP contribution in [-0.4, -0.2) is 44.1 Å². The largest absolute Gasteiger partial charge is 0.497 e. The molecule has 34 heavy (non-hydrogen) atoms. The number of hydrogen-bond acceptors (Lipinski definition) is 7. The fraction of sp³-hybridized carbons (Fsp3) is 0.208. The maximum Gasteiger partial charge on any atom is 0.262 e. The summed E-state index contributed by atoms with van der Waals surface area (Å²) >= 11 is 0. The number of benzene rings is 2. The summed E-state index contributed by atoms with van der Waals surface area (Å²) in [6, 6.07) is 10.6. The van der Waals surface area contributed by atoms with Crippen LogP contribution in [0.2, 0.25) is 0 Å². The summed E-state index contributed by atoms with van der Waals surface area (Å²) in [4.78, 5) is 17.7. The van der Waals surface area contributed by atoms with E-state index < -0.39 is 17.5 Å². The first-order chi connectivity index (χ1) is 16.2. The Morgan fingerprint density at radius 3 is 2.26 bits per heavy atom. The molecule has 0 saturated heterocycles. The van der Waals surface area contributed by atoms with Gasteiger partial charge >= 0.3 is 0 Å². The Morgan fingerprint density at radius 2 is 1.65 bits per heavy atom. The third kappa shape index (κ3) is 4.99. The van der Waals surface area contributed by atoms with E-state index in [0.29, 0.717) is 0 Å². The van der Waals surface area contributed by atoms with Gasteiger partial charge in [0.15, 0.2) is 17.3 Å². The number of carbonyl (C=O) groups excluding carboxylic acids is 1. The van der Waals surface area contributed by atoms with Crippen LogP contribution in [0.25, 0.3) is 0 Å². The number of aromatic nitrogens is 1. The van der Waals surface area contributed by atoms with Gasteiger partial charge in [-0.05, 0) is 31.2 Å². The minimum absolute atomic E-state index is 0.00536. The molecule has 3 aromatic rings. The molecule has 0 radical (unpaired) electrons. The number of rotatable bonds is 7. The summed E-state index contributed by atoms with van der Waals surface area (Å²) in [6.07, 6.45) is 0. The van der Waals surface area contributed by atoms with Crippen LogP contribution in [-0.2, 0) is 0 Å². The molecule has 0 bridgehead atoms. The Balaban J connectivity index is 2.05. The lowest BCUT2D eigenvalue weighted by Crippen LogP contribution is -2.21. The van der Waals surface area contributed by atoms with Gasteiger partial charge in [0.05, 0.1) is 31.4 Å². The highest BCUT2D eigenvalue weighted by atomic mass is 19.2. The normalized spacial score (nSPS) is 10.3. The maximum atomic E-state index is 14.7. The lowest BCUT2D eigenvalue weighted by molar-refractivity contribution is 0.0827. The molecule has 0 aliphatic rings. The third-order valence-electron chi connectivity index (χ3n) is 4.72. The first kappa shape index (κ1) is 24.3. The molecule has 0 N–H and O–H groups in total. The molecule has 1 heterocycles. The molecule has 8 nitrogen and oxygen atoms in total. The predicted molar refractivity (Wildman–Crippen MR) is 118 cm³/mol. The molecule has 0 fully saturated rings. The molecule has 2 aromatic carbocycles. The summed E-state index contributed by atoms with van der Waals surface area (Å²) in [5, 5.41) is 9.14. The smallest absolute Gasteiger partial charge is 0.262 e. The van der Waals surface area contributed by atoms with Gasteiger partial charge in [-0.25, -0.2) is 4.39 Å². The second-order valence-corrected chi connectivity index (χ2v) is 7.25. The van der Waals surface area contributed by atoms with E-state index in [1.807, 2.05) is 6.07 Å². The Kier molecular flexibility index (Phi) is 7.16. The number of methoxy groups -OCH3 is 2. The van der Waals surface area contributed by atoms with E-state index in [1.165, 1.54) is 62.4 Å². The minimum Gasteiger partial charge on any atom is -0.497 e. The molecule has 176 valence electrons. The predicted octanol–water partition coefficient (Wildman–Crippen LogP) is 4.84. The van der Waals surface area contributed by atoms with Crippen LogP contribution in [0.3, 0.4) is 0 Å². The quantitative estimate of drug-likeness (QED) is 0.489. The van der Waals surface area contributed by atoms with Crippen molar-refractivity contribution in [3.05, 3.63) is 64.7 Å². The van der Waals surface area contributed by atoms with Crippen LogP contribution < -0.4 is 18.9 Å². The van der Waals surface area contributed by atoms with Gasteiger partial charge in [-0.1, -0.05) is 0 Å². The monoisotopic (exact) mass is 469 g/mol. The van der Waals surface area contributed by atoms with Crippen LogP contribution in [0.4, 0.5) is 8.78 Å². The lowest BCUT2D eigenvalue weighted by Gasteiger charge is -2.15. The van der Waals surface area contributed by atoms with E-state index in [4.69, 9.17) is 24.2 Å². The van der Waals surface area contributed by atoms with Crippen molar-refractivity contribution < 1.29 is 32.5 Å². The Morgan fingerprint density at radius 1 is 0.941 bits per heavy atom. The first-order valence-corrected chi connectivity index (χ1v) is 9.88. The molecule has 0 atom stereocenters. The number of hydrogen-bond donors (Lipinski definition) is 0. The summed E-state index contributed by atoms with van der Waals surface area (Å²) in [5.41, 5.74) is 0.257. The van der Waals surface area contributed by atoms with Crippen LogP contribution in [0, 0.1) is 29.9 Å². The Labute approximate surface area is 194 Å². The molecule has 0 saturated carbocycles. The van der Waals surface area contributed by atoms with Crippen molar-refractivity contribution in [3.8, 4) is 40.8 Å². The Bertz CT molecular complexity index is 1290. The summed E-state index contributed by atoms with van der Waals surface area (Å²) in [7, 11) is 5.92. The second-order valence-electron chi connectivity index (χ2n) is 7.25. The highest BCUT2D eigenvalue weighted by molar-refractivity contribution is 5.94. The third-order valence-corrected chi connectivity index (χ3v) is 4.72. The highest BCUT2D eigenvalue weighted by Crippen LogP contribution is 2.37. The van der Waals surface area contributed by atoms with Gasteiger partial charge in [0.1, 0.15) is 11.5 Å². The molecule has 1 aromatic heterocycles. The molecule has 10 heteroatoms. The van der Waals surface area contributed by atoms with Gasteiger partial charge in [-0.2, -0.15) is 14.6 Å². The van der Waals surface area contributed by atoms with Gasteiger partial charge in [0.25, 0.3) is 11.8 Å². The number of amides is 1. The number of nitriles is 1. The fourth-order valence-electron chi connectivity index (χ4n) is 2.92. The minimum atomic E-state index is -1.34. The molecular weight excluding hydrogens is 448 g/mol. The molecule has 3 rings (SSSR count). The lowest BCUT2D eigenvalue weighted by atomic mass is 10.2. The second kappa shape index (κ2) is 10.0. The SMILES string of the molecule is COc1cc(Oc2nc(Oc3cc(C#N)ccc3OC)c(C)c(F)c2F)cc(C(=O)N(C)C)c1. The van der Waals surface area contributed by atoms with Crippen LogP contribution in [0.5, 0.6) is 34.8 Å². The molecular formula is C24H21F2N3O5. The number of halogens is 2. The van der Waals surface area contributed by atoms with Crippen molar-refractivity contribution in [2.45, 2.75) is 6.92 Å². The number of ether oxygens (including phenoxy) is 4. The van der Waals surface area contributed by atoms with Crippen LogP contribution in [0.15, 0.2) is 36.4 Å². The van der Waals surface area contributed by atoms with Crippen LogP contribution >= 0.6 is 0 Å². The molecule has 1 amide bonds. The van der Waals surface area contributed by atoms with E-state index in [9.17, 15) is 13.6 Å². The zero-order valence-corrected chi connectivity index (χ0v) is 19.1. The number of carbonyl (C=O) groups is 1. The molecule has 0 aliphatic heterocycles. The molecule has 0 spiro atoms. The van der Waals surface area contributed by atoms with Gasteiger partial charge in [-0.15, -0.1) is 0 Å². The van der Waals surface area contributed by atoms with Crippen molar-refractivity contribution >= 4 is 5.91 Å². The summed E-state index contributed by atoms with van der Waals surface area (Å²) < 4.78 is 51.0. The topological polar surface area (TPSA) is 93.9 Å². The van der Waals surface area contributed by atoms with Crippen molar-refractivity contribution in [1.29, 1.82) is 5.26 Å². The first-order valence-electron chi connectivity index (χ1n) is 9.88. The van der Waals surface area contributed by atoms with E-state index in [0.717, 1.165) is 0 Å². The van der Waals surface area contributed by atoms with Crippen LogP contribution in [0.1, 0.15) is 21.5 Å². The van der Waals surface area contributed by atoms with E-state index >= 15 is 0 Å². The zero-order valence-electron chi connectivity index (χ0n) is 19.1. The van der Waals surface area contributed by atoms with E-state index in [-0.39, 0.29) is 51.5 Å². The number of pyridine rings is 1. The van der Waals surface area contributed by atoms with Gasteiger partial charge in [0, 0.05) is 31.8 Å². The van der Waals surface area contributed by atoms with Crippen molar-refractivity contribution in [2.24, 2.45) is 0 Å². The van der Waals surface area contributed by atoms with E-state index in [1.54, 1.807) is 14.1 Å². The van der Waals surface area contributed by atoms with E-state index in [2.05, 4.69) is 4.98 Å². The van der Waals surface area contributed by atoms with Crippen molar-refractivity contribution in [1.82, 2.24) is 9.88 Å². The van der Waals surface area contributed by atoms with Gasteiger partial charge < -0.3 is 23.8 Å². The Hall–Kier alpha value is -4.39. The maximum absolute atomic E-state index is 14.7. The van der Waals surface area contributed by atoms with Crippen molar-refractivity contribution in [2.75, 3.05) is 28.3 Å². The zero-order chi connectivity index (χ0) is 25.0. The molecule has 0 aliphatic carbocycles. The highest BCUT2D eigenvalue weighted by Gasteiger charge is 2.23. The average Bonchev–Trinajstić information content (AvgIpc) is 2.84. The molecule has 0 unspecified atom stereocenters. The summed E-state index contributed by atoms with van der Waals surface area (Å²) in [6.45, 7) is 1.28. The van der Waals surface area contributed by atoms with Gasteiger partial charge in [-0.3, -0.25) is 4.79 Å². The number of nitrogens with zero attached hydrogens (tertiary/aromatic N) is 3.